The van der Waals surface area contributed by atoms with Crippen LogP contribution >= 0.6 is 0 Å². The van der Waals surface area contributed by atoms with Crippen LogP contribution in [-0.2, 0) is 6.42 Å². The highest BCUT2D eigenvalue weighted by atomic mass is 14.9. The maximum atomic E-state index is 6.05. The first kappa shape index (κ1) is 9.93. The van der Waals surface area contributed by atoms with Crippen LogP contribution in [0.2, 0.25) is 0 Å². The van der Waals surface area contributed by atoms with E-state index in [2.05, 4.69) is 29.0 Å². The molecule has 1 aromatic heterocycles. The van der Waals surface area contributed by atoms with Crippen LogP contribution in [0.4, 0.5) is 0 Å². The highest BCUT2D eigenvalue weighted by Gasteiger charge is 2.09. The third-order valence-corrected chi connectivity index (χ3v) is 2.57. The maximum absolute atomic E-state index is 6.05. The molecule has 0 saturated carbocycles. The molecule has 0 aliphatic carbocycles. The molecule has 3 N–H and O–H groups in total. The number of rotatable bonds is 3. The summed E-state index contributed by atoms with van der Waals surface area (Å²) in [5, 5.41) is 0. The van der Waals surface area contributed by atoms with E-state index < -0.39 is 0 Å². The molecule has 0 fully saturated rings. The second kappa shape index (κ2) is 4.28. The van der Waals surface area contributed by atoms with Crippen LogP contribution in [0.25, 0.3) is 0 Å². The molecule has 1 heterocycles. The van der Waals surface area contributed by atoms with Crippen LogP contribution in [0.3, 0.4) is 0 Å². The maximum Gasteiger partial charge on any atom is 0.123 e. The van der Waals surface area contributed by atoms with Crippen molar-refractivity contribution >= 4 is 0 Å². The monoisotopic (exact) mass is 201 g/mol. The van der Waals surface area contributed by atoms with Crippen molar-refractivity contribution in [1.29, 1.82) is 0 Å². The summed E-state index contributed by atoms with van der Waals surface area (Å²) >= 11 is 0. The topological polar surface area (TPSA) is 54.7 Å². The third-order valence-electron chi connectivity index (χ3n) is 2.57. The van der Waals surface area contributed by atoms with Gasteiger partial charge in [0.2, 0.25) is 0 Å². The van der Waals surface area contributed by atoms with E-state index in [4.69, 9.17) is 5.73 Å². The van der Waals surface area contributed by atoms with Crippen molar-refractivity contribution in [3.63, 3.8) is 0 Å². The molecular formula is C12H15N3. The zero-order valence-corrected chi connectivity index (χ0v) is 8.77. The van der Waals surface area contributed by atoms with Crippen LogP contribution in [0.5, 0.6) is 0 Å². The van der Waals surface area contributed by atoms with Gasteiger partial charge in [-0.1, -0.05) is 24.3 Å². The molecule has 78 valence electrons. The summed E-state index contributed by atoms with van der Waals surface area (Å²) in [4.78, 5) is 7.20. The zero-order valence-electron chi connectivity index (χ0n) is 8.77. The Hall–Kier alpha value is -1.61. The molecular weight excluding hydrogens is 186 g/mol. The van der Waals surface area contributed by atoms with Crippen molar-refractivity contribution in [1.82, 2.24) is 9.97 Å². The molecule has 0 bridgehead atoms. The van der Waals surface area contributed by atoms with E-state index in [-0.39, 0.29) is 6.04 Å². The highest BCUT2D eigenvalue weighted by molar-refractivity contribution is 5.26. The summed E-state index contributed by atoms with van der Waals surface area (Å²) in [5.41, 5.74) is 8.60. The molecule has 2 rings (SSSR count). The first-order valence-electron chi connectivity index (χ1n) is 5.06. The third kappa shape index (κ3) is 2.25. The summed E-state index contributed by atoms with van der Waals surface area (Å²) in [6.07, 6.45) is 4.35. The van der Waals surface area contributed by atoms with Crippen molar-refractivity contribution in [2.45, 2.75) is 19.4 Å². The molecule has 0 radical (unpaired) electrons. The van der Waals surface area contributed by atoms with Gasteiger partial charge in [-0.25, -0.2) is 4.98 Å². The van der Waals surface area contributed by atoms with Gasteiger partial charge in [0.05, 0.1) is 6.04 Å². The average Bonchev–Trinajstić information content (AvgIpc) is 2.74. The summed E-state index contributed by atoms with van der Waals surface area (Å²) in [5.74, 6) is 0.846. The molecule has 3 nitrogen and oxygen atoms in total. The fraction of sp³-hybridized carbons (Fsp3) is 0.250. The number of H-pyrrole nitrogens is 1. The van der Waals surface area contributed by atoms with E-state index in [0.29, 0.717) is 0 Å². The number of nitrogens with two attached hydrogens (primary N) is 1. The Morgan fingerprint density at radius 2 is 2.20 bits per heavy atom. The largest absolute Gasteiger partial charge is 0.347 e. The molecule has 0 spiro atoms. The Kier molecular flexibility index (Phi) is 2.83. The minimum atomic E-state index is -0.0545. The lowest BCUT2D eigenvalue weighted by atomic mass is 10.0. The number of imidazole rings is 1. The Bertz CT molecular complexity index is 420. The second-order valence-corrected chi connectivity index (χ2v) is 3.71. The minimum Gasteiger partial charge on any atom is -0.347 e. The molecule has 2 aromatic rings. The predicted octanol–water partition coefficient (Wildman–Crippen LogP) is 1.96. The summed E-state index contributed by atoms with van der Waals surface area (Å²) in [7, 11) is 0. The van der Waals surface area contributed by atoms with Crippen molar-refractivity contribution in [3.8, 4) is 0 Å². The minimum absolute atomic E-state index is 0.0545. The summed E-state index contributed by atoms with van der Waals surface area (Å²) < 4.78 is 0. The number of nitrogens with zero attached hydrogens (tertiary/aromatic N) is 1. The molecule has 0 amide bonds. The van der Waals surface area contributed by atoms with Crippen LogP contribution < -0.4 is 5.73 Å². The summed E-state index contributed by atoms with van der Waals surface area (Å²) in [6, 6.07) is 8.23. The van der Waals surface area contributed by atoms with Gasteiger partial charge in [-0.05, 0) is 24.5 Å². The fourth-order valence-corrected chi connectivity index (χ4v) is 1.65. The number of benzene rings is 1. The smallest absolute Gasteiger partial charge is 0.123 e. The first-order chi connectivity index (χ1) is 7.27. The van der Waals surface area contributed by atoms with Gasteiger partial charge in [-0.2, -0.15) is 0 Å². The molecule has 3 heteroatoms. The number of aromatic nitrogens is 2. The van der Waals surface area contributed by atoms with Gasteiger partial charge < -0.3 is 10.7 Å². The van der Waals surface area contributed by atoms with Crippen molar-refractivity contribution < 1.29 is 0 Å². The Balaban J connectivity index is 2.13. The van der Waals surface area contributed by atoms with E-state index >= 15 is 0 Å². The lowest BCUT2D eigenvalue weighted by Gasteiger charge is -2.10. The second-order valence-electron chi connectivity index (χ2n) is 3.71. The van der Waals surface area contributed by atoms with Gasteiger partial charge in [-0.3, -0.25) is 0 Å². The van der Waals surface area contributed by atoms with Gasteiger partial charge in [0.1, 0.15) is 5.82 Å². The van der Waals surface area contributed by atoms with Gasteiger partial charge >= 0.3 is 0 Å². The van der Waals surface area contributed by atoms with E-state index in [9.17, 15) is 0 Å². The average molecular weight is 201 g/mol. The molecule has 15 heavy (non-hydrogen) atoms. The zero-order chi connectivity index (χ0) is 10.7. The summed E-state index contributed by atoms with van der Waals surface area (Å²) in [6.45, 7) is 2.10. The van der Waals surface area contributed by atoms with Gasteiger partial charge in [0.25, 0.3) is 0 Å². The van der Waals surface area contributed by atoms with Gasteiger partial charge in [0, 0.05) is 12.4 Å². The highest BCUT2D eigenvalue weighted by Crippen LogP contribution is 2.15. The molecule has 0 aliphatic rings. The van der Waals surface area contributed by atoms with Crippen LogP contribution in [-0.4, -0.2) is 9.97 Å². The lowest BCUT2D eigenvalue weighted by molar-refractivity contribution is 0.675. The van der Waals surface area contributed by atoms with Crippen molar-refractivity contribution in [3.05, 3.63) is 53.6 Å². The number of nitrogens with one attached hydrogen (secondary N) is 1. The van der Waals surface area contributed by atoms with E-state index in [0.717, 1.165) is 12.2 Å². The molecule has 1 atom stereocenters. The van der Waals surface area contributed by atoms with Crippen LogP contribution in [0, 0.1) is 6.92 Å². The SMILES string of the molecule is Cc1ccccc1CC(N)c1ncc[nH]1. The van der Waals surface area contributed by atoms with E-state index in [1.165, 1.54) is 11.1 Å². The van der Waals surface area contributed by atoms with Gasteiger partial charge in [0.15, 0.2) is 0 Å². The molecule has 1 aromatic carbocycles. The first-order valence-corrected chi connectivity index (χ1v) is 5.06. The van der Waals surface area contributed by atoms with Crippen LogP contribution in [0.15, 0.2) is 36.7 Å². The van der Waals surface area contributed by atoms with E-state index in [1.54, 1.807) is 12.4 Å². The normalized spacial score (nSPS) is 12.7. The molecule has 0 saturated heterocycles. The lowest BCUT2D eigenvalue weighted by Crippen LogP contribution is -2.15. The standard InChI is InChI=1S/C12H15N3/c1-9-4-2-3-5-10(9)8-11(13)12-14-6-7-15-12/h2-7,11H,8,13H2,1H3,(H,14,15). The Morgan fingerprint density at radius 1 is 1.40 bits per heavy atom. The van der Waals surface area contributed by atoms with Gasteiger partial charge in [-0.15, -0.1) is 0 Å². The molecule has 0 aliphatic heterocycles. The van der Waals surface area contributed by atoms with Crippen molar-refractivity contribution in [2.24, 2.45) is 5.73 Å². The number of aromatic amines is 1. The Labute approximate surface area is 89.4 Å². The fourth-order valence-electron chi connectivity index (χ4n) is 1.65. The number of aryl methyl sites for hydroxylation is 1. The quantitative estimate of drug-likeness (QED) is 0.797. The predicted molar refractivity (Wildman–Crippen MR) is 60.4 cm³/mol. The van der Waals surface area contributed by atoms with Crippen molar-refractivity contribution in [2.75, 3.05) is 0 Å². The number of hydrogen-bond donors (Lipinski definition) is 2. The van der Waals surface area contributed by atoms with Crippen LogP contribution in [0.1, 0.15) is 23.0 Å². The number of hydrogen-bond acceptors (Lipinski definition) is 2. The Morgan fingerprint density at radius 3 is 2.87 bits per heavy atom. The van der Waals surface area contributed by atoms with E-state index in [1.807, 2.05) is 12.1 Å². The molecule has 1 unspecified atom stereocenters.